The van der Waals surface area contributed by atoms with Crippen molar-refractivity contribution < 1.29 is 18.7 Å². The molecule has 0 spiro atoms. The zero-order chi connectivity index (χ0) is 20.4. The van der Waals surface area contributed by atoms with Gasteiger partial charge in [-0.2, -0.15) is 0 Å². The standard InChI is InChI=1S/C25H35FO3/c1-16-3-4-21-14-20(10-9-19(21)13-16)17-5-7-18(8-6-17)25(27)29-24-12-11-22(28-2)15-23(24)26/h11-12,15-21H,3-10,13-14H2,1-2H3. The molecule has 3 saturated carbocycles. The summed E-state index contributed by atoms with van der Waals surface area (Å²) in [6.45, 7) is 2.42. The normalized spacial score (nSPS) is 34.9. The third kappa shape index (κ3) is 4.78. The summed E-state index contributed by atoms with van der Waals surface area (Å²) in [5.74, 6) is 3.95. The summed E-state index contributed by atoms with van der Waals surface area (Å²) in [7, 11) is 1.49. The summed E-state index contributed by atoms with van der Waals surface area (Å²) in [6, 6.07) is 4.34. The predicted molar refractivity (Wildman–Crippen MR) is 111 cm³/mol. The molecule has 0 aliphatic heterocycles. The maximum atomic E-state index is 14.1. The Bertz CT molecular complexity index is 710. The molecule has 4 rings (SSSR count). The van der Waals surface area contributed by atoms with Gasteiger partial charge in [0, 0.05) is 6.07 Å². The number of rotatable bonds is 4. The van der Waals surface area contributed by atoms with Gasteiger partial charge in [-0.15, -0.1) is 0 Å². The lowest BCUT2D eigenvalue weighted by atomic mass is 9.61. The summed E-state index contributed by atoms with van der Waals surface area (Å²) >= 11 is 0. The van der Waals surface area contributed by atoms with Crippen LogP contribution in [0.1, 0.15) is 71.1 Å². The smallest absolute Gasteiger partial charge is 0.314 e. The van der Waals surface area contributed by atoms with E-state index in [2.05, 4.69) is 6.92 Å². The summed E-state index contributed by atoms with van der Waals surface area (Å²) in [5.41, 5.74) is 0. The van der Waals surface area contributed by atoms with E-state index >= 15 is 0 Å². The number of carbonyl (C=O) groups excluding carboxylic acids is 1. The largest absolute Gasteiger partial charge is 0.497 e. The van der Waals surface area contributed by atoms with Gasteiger partial charge in [0.25, 0.3) is 0 Å². The van der Waals surface area contributed by atoms with Crippen LogP contribution in [0.4, 0.5) is 4.39 Å². The van der Waals surface area contributed by atoms with Gasteiger partial charge in [-0.25, -0.2) is 4.39 Å². The first-order chi connectivity index (χ1) is 14.0. The van der Waals surface area contributed by atoms with Crippen molar-refractivity contribution in [1.29, 1.82) is 0 Å². The lowest BCUT2D eigenvalue weighted by Gasteiger charge is -2.44. The second kappa shape index (κ2) is 9.06. The van der Waals surface area contributed by atoms with E-state index in [1.165, 1.54) is 57.8 Å². The van der Waals surface area contributed by atoms with E-state index in [9.17, 15) is 9.18 Å². The van der Waals surface area contributed by atoms with Crippen LogP contribution >= 0.6 is 0 Å². The minimum atomic E-state index is -0.551. The number of benzene rings is 1. The predicted octanol–water partition coefficient (Wildman–Crippen LogP) is 6.40. The van der Waals surface area contributed by atoms with Gasteiger partial charge in [-0.3, -0.25) is 4.79 Å². The van der Waals surface area contributed by atoms with Crippen molar-refractivity contribution >= 4 is 5.97 Å². The van der Waals surface area contributed by atoms with E-state index in [-0.39, 0.29) is 17.6 Å². The fourth-order valence-corrected chi connectivity index (χ4v) is 6.30. The van der Waals surface area contributed by atoms with Gasteiger partial charge in [0.15, 0.2) is 11.6 Å². The zero-order valence-electron chi connectivity index (χ0n) is 17.9. The molecule has 4 heteroatoms. The third-order valence-electron chi connectivity index (χ3n) is 8.04. The van der Waals surface area contributed by atoms with Crippen molar-refractivity contribution in [2.75, 3.05) is 7.11 Å². The van der Waals surface area contributed by atoms with Gasteiger partial charge in [-0.1, -0.05) is 13.3 Å². The lowest BCUT2D eigenvalue weighted by Crippen LogP contribution is -2.35. The second-order valence-electron chi connectivity index (χ2n) is 9.84. The second-order valence-corrected chi connectivity index (χ2v) is 9.84. The molecule has 3 nitrogen and oxygen atoms in total. The molecule has 0 N–H and O–H groups in total. The topological polar surface area (TPSA) is 35.5 Å². The molecule has 1 aromatic carbocycles. The molecule has 160 valence electrons. The fraction of sp³-hybridized carbons (Fsp3) is 0.720. The highest BCUT2D eigenvalue weighted by molar-refractivity contribution is 5.75. The molecule has 1 aromatic rings. The molecule has 3 aliphatic carbocycles. The van der Waals surface area contributed by atoms with Crippen molar-refractivity contribution in [3.8, 4) is 11.5 Å². The van der Waals surface area contributed by atoms with E-state index in [0.29, 0.717) is 5.75 Å². The van der Waals surface area contributed by atoms with Crippen molar-refractivity contribution in [3.05, 3.63) is 24.0 Å². The Morgan fingerprint density at radius 3 is 2.21 bits per heavy atom. The quantitative estimate of drug-likeness (QED) is 0.432. The highest BCUT2D eigenvalue weighted by atomic mass is 19.1. The number of fused-ring (bicyclic) bond motifs is 1. The van der Waals surface area contributed by atoms with Crippen LogP contribution in [0.2, 0.25) is 0 Å². The van der Waals surface area contributed by atoms with Crippen LogP contribution in [-0.4, -0.2) is 13.1 Å². The van der Waals surface area contributed by atoms with Gasteiger partial charge in [0.2, 0.25) is 0 Å². The van der Waals surface area contributed by atoms with Crippen molar-refractivity contribution in [1.82, 2.24) is 0 Å². The summed E-state index contributed by atoms with van der Waals surface area (Å²) in [5, 5.41) is 0. The molecule has 0 saturated heterocycles. The summed E-state index contributed by atoms with van der Waals surface area (Å²) in [6.07, 6.45) is 12.5. The maximum absolute atomic E-state index is 14.1. The van der Waals surface area contributed by atoms with E-state index in [1.807, 2.05) is 0 Å². The van der Waals surface area contributed by atoms with Crippen LogP contribution in [0.15, 0.2) is 18.2 Å². The van der Waals surface area contributed by atoms with E-state index in [0.717, 1.165) is 55.3 Å². The maximum Gasteiger partial charge on any atom is 0.314 e. The zero-order valence-corrected chi connectivity index (χ0v) is 17.9. The average molecular weight is 403 g/mol. The Balaban J connectivity index is 1.26. The minimum Gasteiger partial charge on any atom is -0.497 e. The third-order valence-corrected chi connectivity index (χ3v) is 8.04. The Morgan fingerprint density at radius 1 is 0.897 bits per heavy atom. The number of halogens is 1. The fourth-order valence-electron chi connectivity index (χ4n) is 6.30. The first kappa shape index (κ1) is 20.7. The van der Waals surface area contributed by atoms with Crippen molar-refractivity contribution in [2.24, 2.45) is 35.5 Å². The van der Waals surface area contributed by atoms with Gasteiger partial charge in [-0.05, 0) is 99.5 Å². The number of methoxy groups -OCH3 is 1. The van der Waals surface area contributed by atoms with Crippen LogP contribution in [0.5, 0.6) is 11.5 Å². The number of esters is 1. The lowest BCUT2D eigenvalue weighted by molar-refractivity contribution is -0.140. The van der Waals surface area contributed by atoms with Gasteiger partial charge in [0.1, 0.15) is 5.75 Å². The molecule has 0 bridgehead atoms. The molecular formula is C25H35FO3. The van der Waals surface area contributed by atoms with E-state index in [1.54, 1.807) is 6.07 Å². The summed E-state index contributed by atoms with van der Waals surface area (Å²) < 4.78 is 24.4. The number of hydrogen-bond donors (Lipinski definition) is 0. The van der Waals surface area contributed by atoms with E-state index < -0.39 is 5.82 Å². The molecule has 0 heterocycles. The molecule has 0 amide bonds. The van der Waals surface area contributed by atoms with Crippen LogP contribution in [0.3, 0.4) is 0 Å². The molecular weight excluding hydrogens is 367 g/mol. The number of hydrogen-bond acceptors (Lipinski definition) is 3. The van der Waals surface area contributed by atoms with Crippen molar-refractivity contribution in [3.63, 3.8) is 0 Å². The molecule has 29 heavy (non-hydrogen) atoms. The molecule has 4 atom stereocenters. The molecule has 3 aliphatic rings. The number of ether oxygens (including phenoxy) is 2. The van der Waals surface area contributed by atoms with Crippen LogP contribution in [-0.2, 0) is 4.79 Å². The molecule has 4 unspecified atom stereocenters. The Kier molecular flexibility index (Phi) is 6.46. The van der Waals surface area contributed by atoms with Crippen LogP contribution < -0.4 is 9.47 Å². The SMILES string of the molecule is COc1ccc(OC(=O)C2CCC(C3CCC4CC(C)CCC4C3)CC2)c(F)c1. The molecule has 3 fully saturated rings. The van der Waals surface area contributed by atoms with E-state index in [4.69, 9.17) is 9.47 Å². The Hall–Kier alpha value is -1.58. The number of carbonyl (C=O) groups is 1. The molecule has 0 aromatic heterocycles. The average Bonchev–Trinajstić information content (AvgIpc) is 2.74. The first-order valence-corrected chi connectivity index (χ1v) is 11.6. The Labute approximate surface area is 174 Å². The first-order valence-electron chi connectivity index (χ1n) is 11.6. The van der Waals surface area contributed by atoms with Crippen LogP contribution in [0.25, 0.3) is 0 Å². The summed E-state index contributed by atoms with van der Waals surface area (Å²) in [4.78, 5) is 12.6. The molecule has 0 radical (unpaired) electrons. The highest BCUT2D eigenvalue weighted by Gasteiger charge is 2.39. The van der Waals surface area contributed by atoms with Crippen molar-refractivity contribution in [2.45, 2.75) is 71.1 Å². The van der Waals surface area contributed by atoms with Crippen LogP contribution in [0, 0.1) is 41.3 Å². The van der Waals surface area contributed by atoms with Gasteiger partial charge >= 0.3 is 5.97 Å². The van der Waals surface area contributed by atoms with Gasteiger partial charge in [0.05, 0.1) is 13.0 Å². The monoisotopic (exact) mass is 402 g/mol. The van der Waals surface area contributed by atoms with Gasteiger partial charge < -0.3 is 9.47 Å². The Morgan fingerprint density at radius 2 is 1.52 bits per heavy atom. The minimum absolute atomic E-state index is 0.00257. The highest BCUT2D eigenvalue weighted by Crippen LogP contribution is 2.49.